The third-order valence-electron chi connectivity index (χ3n) is 2.47. The number of hydrogen-bond acceptors (Lipinski definition) is 5. The number of phenols is 1. The van der Waals surface area contributed by atoms with Crippen molar-refractivity contribution in [2.24, 2.45) is 0 Å². The van der Waals surface area contributed by atoms with Crippen molar-refractivity contribution in [3.63, 3.8) is 0 Å². The third kappa shape index (κ3) is 3.00. The van der Waals surface area contributed by atoms with Gasteiger partial charge >= 0.3 is 0 Å². The van der Waals surface area contributed by atoms with Gasteiger partial charge in [0.25, 0.3) is 5.91 Å². The van der Waals surface area contributed by atoms with E-state index in [1.807, 2.05) is 0 Å². The Morgan fingerprint density at radius 3 is 2.80 bits per heavy atom. The van der Waals surface area contributed by atoms with E-state index in [1.54, 1.807) is 13.0 Å². The number of hydrogen-bond donors (Lipinski definition) is 2. The average molecular weight is 277 g/mol. The number of carbonyl (C=O) groups excluding carboxylic acids is 1. The largest absolute Gasteiger partial charge is 0.507 e. The SMILES string of the molecule is COc1cc(C)nc(NC(=O)c2cc(F)ccc2O)n1. The van der Waals surface area contributed by atoms with Crippen molar-refractivity contribution in [3.05, 3.63) is 41.3 Å². The van der Waals surface area contributed by atoms with Crippen LogP contribution in [0.1, 0.15) is 16.1 Å². The van der Waals surface area contributed by atoms with Crippen molar-refractivity contribution in [2.75, 3.05) is 12.4 Å². The predicted octanol–water partition coefficient (Wildman–Crippen LogP) is 1.89. The molecule has 0 saturated heterocycles. The van der Waals surface area contributed by atoms with Gasteiger partial charge in [-0.25, -0.2) is 9.37 Å². The highest BCUT2D eigenvalue weighted by atomic mass is 19.1. The molecule has 1 aromatic heterocycles. The van der Waals surface area contributed by atoms with Gasteiger partial charge in [0.05, 0.1) is 12.7 Å². The maximum absolute atomic E-state index is 13.1. The van der Waals surface area contributed by atoms with Crippen molar-refractivity contribution < 1.29 is 19.0 Å². The van der Waals surface area contributed by atoms with Crippen molar-refractivity contribution in [1.29, 1.82) is 0 Å². The lowest BCUT2D eigenvalue weighted by Crippen LogP contribution is -2.15. The lowest BCUT2D eigenvalue weighted by molar-refractivity contribution is 0.102. The van der Waals surface area contributed by atoms with Gasteiger partial charge < -0.3 is 9.84 Å². The second kappa shape index (κ2) is 5.52. The molecule has 0 spiro atoms. The normalized spacial score (nSPS) is 10.2. The van der Waals surface area contributed by atoms with Crippen LogP contribution in [-0.4, -0.2) is 28.1 Å². The highest BCUT2D eigenvalue weighted by Crippen LogP contribution is 2.19. The highest BCUT2D eigenvalue weighted by molar-refractivity contribution is 6.05. The van der Waals surface area contributed by atoms with Crippen LogP contribution in [0.15, 0.2) is 24.3 Å². The molecule has 1 amide bonds. The third-order valence-corrected chi connectivity index (χ3v) is 2.47. The zero-order valence-electron chi connectivity index (χ0n) is 10.8. The monoisotopic (exact) mass is 277 g/mol. The number of aryl methyl sites for hydroxylation is 1. The number of anilines is 1. The van der Waals surface area contributed by atoms with Gasteiger partial charge in [0.15, 0.2) is 0 Å². The molecule has 0 atom stereocenters. The van der Waals surface area contributed by atoms with Gasteiger partial charge in [-0.15, -0.1) is 0 Å². The van der Waals surface area contributed by atoms with Crippen LogP contribution in [0, 0.1) is 12.7 Å². The molecule has 104 valence electrons. The molecule has 7 heteroatoms. The molecule has 0 radical (unpaired) electrons. The number of phenolic OH excluding ortho intramolecular Hbond substituents is 1. The van der Waals surface area contributed by atoms with Crippen LogP contribution >= 0.6 is 0 Å². The fourth-order valence-corrected chi connectivity index (χ4v) is 1.56. The second-order valence-electron chi connectivity index (χ2n) is 3.99. The smallest absolute Gasteiger partial charge is 0.261 e. The van der Waals surface area contributed by atoms with Gasteiger partial charge in [-0.05, 0) is 25.1 Å². The molecule has 0 bridgehead atoms. The number of aromatic nitrogens is 2. The summed E-state index contributed by atoms with van der Waals surface area (Å²) in [5.74, 6) is -1.37. The molecule has 2 aromatic rings. The molecule has 0 aliphatic heterocycles. The molecule has 1 aromatic carbocycles. The summed E-state index contributed by atoms with van der Waals surface area (Å²) in [6.07, 6.45) is 0. The number of benzene rings is 1. The van der Waals surface area contributed by atoms with Crippen LogP contribution in [0.25, 0.3) is 0 Å². The van der Waals surface area contributed by atoms with E-state index in [2.05, 4.69) is 15.3 Å². The van der Waals surface area contributed by atoms with E-state index >= 15 is 0 Å². The van der Waals surface area contributed by atoms with Gasteiger partial charge in [0, 0.05) is 11.8 Å². The minimum absolute atomic E-state index is 0.00973. The number of nitrogens with zero attached hydrogens (tertiary/aromatic N) is 2. The Hall–Kier alpha value is -2.70. The van der Waals surface area contributed by atoms with Crippen LogP contribution in [0.3, 0.4) is 0 Å². The Morgan fingerprint density at radius 2 is 2.10 bits per heavy atom. The molecule has 0 aliphatic carbocycles. The molecule has 0 unspecified atom stereocenters. The van der Waals surface area contributed by atoms with Crippen LogP contribution in [0.5, 0.6) is 11.6 Å². The fourth-order valence-electron chi connectivity index (χ4n) is 1.56. The van der Waals surface area contributed by atoms with E-state index in [4.69, 9.17) is 4.74 Å². The molecule has 20 heavy (non-hydrogen) atoms. The molecule has 2 rings (SSSR count). The number of aromatic hydroxyl groups is 1. The Bertz CT molecular complexity index is 661. The molecule has 0 fully saturated rings. The van der Waals surface area contributed by atoms with Crippen molar-refractivity contribution >= 4 is 11.9 Å². The summed E-state index contributed by atoms with van der Waals surface area (Å²) in [6.45, 7) is 1.71. The molecule has 2 N–H and O–H groups in total. The fraction of sp³-hybridized carbons (Fsp3) is 0.154. The summed E-state index contributed by atoms with van der Waals surface area (Å²) in [6, 6.07) is 4.67. The summed E-state index contributed by atoms with van der Waals surface area (Å²) in [5, 5.41) is 11.9. The molecule has 0 aliphatic rings. The van der Waals surface area contributed by atoms with Gasteiger partial charge in [-0.1, -0.05) is 0 Å². The lowest BCUT2D eigenvalue weighted by atomic mass is 10.2. The van der Waals surface area contributed by atoms with Crippen LogP contribution in [0.2, 0.25) is 0 Å². The minimum Gasteiger partial charge on any atom is -0.507 e. The van der Waals surface area contributed by atoms with Crippen molar-refractivity contribution in [2.45, 2.75) is 6.92 Å². The Morgan fingerprint density at radius 1 is 1.35 bits per heavy atom. The topological polar surface area (TPSA) is 84.3 Å². The predicted molar refractivity (Wildman–Crippen MR) is 69.3 cm³/mol. The van der Waals surface area contributed by atoms with E-state index in [1.165, 1.54) is 7.11 Å². The average Bonchev–Trinajstić information content (AvgIpc) is 2.40. The maximum Gasteiger partial charge on any atom is 0.261 e. The van der Waals surface area contributed by atoms with E-state index in [0.29, 0.717) is 5.69 Å². The summed E-state index contributed by atoms with van der Waals surface area (Å²) in [7, 11) is 1.44. The number of halogens is 1. The summed E-state index contributed by atoms with van der Waals surface area (Å²) >= 11 is 0. The first-order chi connectivity index (χ1) is 9.49. The summed E-state index contributed by atoms with van der Waals surface area (Å²) in [5.41, 5.74) is 0.393. The Kier molecular flexibility index (Phi) is 3.79. The first kappa shape index (κ1) is 13.7. The van der Waals surface area contributed by atoms with Gasteiger partial charge in [-0.2, -0.15) is 4.98 Å². The van der Waals surface area contributed by atoms with Gasteiger partial charge in [0.2, 0.25) is 11.8 Å². The standard InChI is InChI=1S/C13H12FN3O3/c1-7-5-11(20-2)16-13(15-7)17-12(19)9-6-8(14)3-4-10(9)18/h3-6,18H,1-2H3,(H,15,16,17,19). The Labute approximate surface area is 114 Å². The number of amides is 1. The molecule has 0 saturated carbocycles. The molecule has 6 nitrogen and oxygen atoms in total. The number of methoxy groups -OCH3 is 1. The van der Waals surface area contributed by atoms with Crippen molar-refractivity contribution in [1.82, 2.24) is 9.97 Å². The Balaban J connectivity index is 2.27. The summed E-state index contributed by atoms with van der Waals surface area (Å²) in [4.78, 5) is 19.9. The van der Waals surface area contributed by atoms with E-state index in [9.17, 15) is 14.3 Å². The van der Waals surface area contributed by atoms with Gasteiger partial charge in [-0.3, -0.25) is 10.1 Å². The first-order valence-corrected chi connectivity index (χ1v) is 5.69. The van der Waals surface area contributed by atoms with Crippen LogP contribution < -0.4 is 10.1 Å². The number of ether oxygens (including phenoxy) is 1. The van der Waals surface area contributed by atoms with Crippen molar-refractivity contribution in [3.8, 4) is 11.6 Å². The molecule has 1 heterocycles. The number of nitrogens with one attached hydrogen (secondary N) is 1. The van der Waals surface area contributed by atoms with E-state index < -0.39 is 11.7 Å². The van der Waals surface area contributed by atoms with E-state index in [0.717, 1.165) is 18.2 Å². The number of carbonyl (C=O) groups is 1. The quantitative estimate of drug-likeness (QED) is 0.895. The number of rotatable bonds is 3. The minimum atomic E-state index is -0.713. The molecular formula is C13H12FN3O3. The van der Waals surface area contributed by atoms with E-state index in [-0.39, 0.29) is 23.1 Å². The second-order valence-corrected chi connectivity index (χ2v) is 3.99. The van der Waals surface area contributed by atoms with Crippen LogP contribution in [0.4, 0.5) is 10.3 Å². The van der Waals surface area contributed by atoms with Gasteiger partial charge in [0.1, 0.15) is 11.6 Å². The maximum atomic E-state index is 13.1. The zero-order valence-corrected chi connectivity index (χ0v) is 10.8. The lowest BCUT2D eigenvalue weighted by Gasteiger charge is -2.07. The molecular weight excluding hydrogens is 265 g/mol. The zero-order chi connectivity index (χ0) is 14.7. The first-order valence-electron chi connectivity index (χ1n) is 5.69. The van der Waals surface area contributed by atoms with Crippen LogP contribution in [-0.2, 0) is 0 Å². The summed E-state index contributed by atoms with van der Waals surface area (Å²) < 4.78 is 18.0. The highest BCUT2D eigenvalue weighted by Gasteiger charge is 2.14.